The normalized spacial score (nSPS) is 54.9. The van der Waals surface area contributed by atoms with Gasteiger partial charge in [-0.3, -0.25) is 4.79 Å². The number of ether oxygens (including phenoxy) is 1. The maximum absolute atomic E-state index is 11.0. The molecule has 126 valence electrons. The van der Waals surface area contributed by atoms with E-state index in [9.17, 15) is 30.3 Å². The highest BCUT2D eigenvalue weighted by Crippen LogP contribution is 2.87. The van der Waals surface area contributed by atoms with E-state index in [4.69, 9.17) is 9.84 Å². The van der Waals surface area contributed by atoms with Gasteiger partial charge in [0.15, 0.2) is 5.60 Å². The van der Waals surface area contributed by atoms with Crippen LogP contribution in [0.2, 0.25) is 0 Å². The van der Waals surface area contributed by atoms with Crippen LogP contribution in [0.25, 0.3) is 0 Å². The molecule has 0 aromatic heterocycles. The van der Waals surface area contributed by atoms with Gasteiger partial charge in [-0.15, -0.1) is 0 Å². The second-order valence-electron chi connectivity index (χ2n) is 7.78. The molecule has 8 heteroatoms. The molecule has 2 aliphatic carbocycles. The van der Waals surface area contributed by atoms with Crippen LogP contribution in [0.3, 0.4) is 0 Å². The maximum atomic E-state index is 11.0. The van der Waals surface area contributed by atoms with Crippen molar-refractivity contribution < 1.29 is 40.2 Å². The second-order valence-corrected chi connectivity index (χ2v) is 7.78. The molecule has 22 heavy (non-hydrogen) atoms. The van der Waals surface area contributed by atoms with E-state index in [0.29, 0.717) is 0 Å². The molecule has 0 spiro atoms. The van der Waals surface area contributed by atoms with Gasteiger partial charge in [-0.2, -0.15) is 0 Å². The van der Waals surface area contributed by atoms with Crippen LogP contribution in [-0.4, -0.2) is 71.4 Å². The molecule has 1 unspecified atom stereocenters. The molecule has 2 saturated carbocycles. The number of carboxylic acid groups (broad SMARTS) is 1. The fourth-order valence-corrected chi connectivity index (χ4v) is 4.78. The first kappa shape index (κ1) is 16.1. The SMILES string of the molecule is CC1(C)[C@@]2(O)[C@]3(O)C(C)(C)[C@]3(O)[C@@H](C(O)CC(=O)O)O[C@@]12O. The van der Waals surface area contributed by atoms with Crippen molar-refractivity contribution in [1.82, 2.24) is 0 Å². The van der Waals surface area contributed by atoms with Crippen LogP contribution in [-0.2, 0) is 9.53 Å². The Hall–Kier alpha value is -0.770. The quantitative estimate of drug-likeness (QED) is 0.356. The Morgan fingerprint density at radius 2 is 1.55 bits per heavy atom. The third kappa shape index (κ3) is 1.07. The van der Waals surface area contributed by atoms with Gasteiger partial charge in [0, 0.05) is 5.41 Å². The van der Waals surface area contributed by atoms with Crippen LogP contribution in [0.4, 0.5) is 0 Å². The highest BCUT2D eigenvalue weighted by Gasteiger charge is 3.08. The van der Waals surface area contributed by atoms with Crippen LogP contribution >= 0.6 is 0 Å². The summed E-state index contributed by atoms with van der Waals surface area (Å²) in [5.74, 6) is -3.50. The first-order valence-corrected chi connectivity index (χ1v) is 7.15. The van der Waals surface area contributed by atoms with Crippen LogP contribution in [0, 0.1) is 10.8 Å². The van der Waals surface area contributed by atoms with Gasteiger partial charge in [0.25, 0.3) is 0 Å². The Morgan fingerprint density at radius 3 is 2.00 bits per heavy atom. The number of rotatable bonds is 3. The summed E-state index contributed by atoms with van der Waals surface area (Å²) in [6, 6.07) is 0. The number of aliphatic hydroxyl groups is 5. The summed E-state index contributed by atoms with van der Waals surface area (Å²) in [5, 5.41) is 62.2. The first-order valence-electron chi connectivity index (χ1n) is 7.15. The predicted octanol–water partition coefficient (Wildman–Crippen LogP) is -1.82. The van der Waals surface area contributed by atoms with Gasteiger partial charge in [0.05, 0.1) is 17.9 Å². The van der Waals surface area contributed by atoms with E-state index < -0.39 is 58.0 Å². The highest BCUT2D eigenvalue weighted by molar-refractivity contribution is 5.67. The summed E-state index contributed by atoms with van der Waals surface area (Å²) >= 11 is 0. The molecule has 8 nitrogen and oxygen atoms in total. The molecule has 1 saturated heterocycles. The molecule has 0 aromatic carbocycles. The Labute approximate surface area is 127 Å². The third-order valence-corrected chi connectivity index (χ3v) is 6.49. The summed E-state index contributed by atoms with van der Waals surface area (Å²) in [4.78, 5) is 10.8. The van der Waals surface area contributed by atoms with Crippen LogP contribution in [0.15, 0.2) is 0 Å². The number of hydrogen-bond acceptors (Lipinski definition) is 7. The Bertz CT molecular complexity index is 573. The van der Waals surface area contributed by atoms with E-state index in [2.05, 4.69) is 0 Å². The predicted molar refractivity (Wildman–Crippen MR) is 70.5 cm³/mol. The third-order valence-electron chi connectivity index (χ3n) is 6.49. The van der Waals surface area contributed by atoms with E-state index in [1.54, 1.807) is 0 Å². The molecular formula is C14H22O8. The zero-order valence-corrected chi connectivity index (χ0v) is 12.9. The number of aliphatic hydroxyl groups excluding tert-OH is 1. The van der Waals surface area contributed by atoms with Gasteiger partial charge >= 0.3 is 5.97 Å². The molecular weight excluding hydrogens is 296 g/mol. The molecule has 0 bridgehead atoms. The van der Waals surface area contributed by atoms with Gasteiger partial charge in [-0.05, 0) is 0 Å². The second kappa shape index (κ2) is 3.50. The molecule has 0 amide bonds. The van der Waals surface area contributed by atoms with Crippen molar-refractivity contribution >= 4 is 5.97 Å². The Balaban J connectivity index is 2.10. The van der Waals surface area contributed by atoms with Gasteiger partial charge in [-0.25, -0.2) is 0 Å². The summed E-state index contributed by atoms with van der Waals surface area (Å²) in [6.07, 6.45) is -3.93. The lowest BCUT2D eigenvalue weighted by Gasteiger charge is -2.38. The van der Waals surface area contributed by atoms with E-state index in [1.165, 1.54) is 27.7 Å². The van der Waals surface area contributed by atoms with E-state index >= 15 is 0 Å². The summed E-state index contributed by atoms with van der Waals surface area (Å²) < 4.78 is 5.37. The fourth-order valence-electron chi connectivity index (χ4n) is 4.78. The first-order chi connectivity index (χ1) is 9.68. The Morgan fingerprint density at radius 1 is 1.05 bits per heavy atom. The van der Waals surface area contributed by atoms with Crippen LogP contribution < -0.4 is 0 Å². The van der Waals surface area contributed by atoms with Crippen molar-refractivity contribution in [2.45, 2.75) is 68.9 Å². The molecule has 1 aliphatic heterocycles. The monoisotopic (exact) mass is 318 g/mol. The zero-order chi connectivity index (χ0) is 17.1. The standard InChI is InChI=1S/C14H22O8/c1-9(2)11(18)8(6(15)5-7(16)17)22-14(21)10(3,4)13(14,20)12(9,11)19/h6,8,15,18-21H,5H2,1-4H3,(H,16,17)/t6?,8-,11-,12+,13-,14+/m1/s1. The molecule has 6 atom stereocenters. The van der Waals surface area contributed by atoms with Gasteiger partial charge in [-0.1, -0.05) is 27.7 Å². The molecule has 3 aliphatic rings. The fraction of sp³-hybridized carbons (Fsp3) is 0.929. The minimum Gasteiger partial charge on any atom is -0.481 e. The van der Waals surface area contributed by atoms with Gasteiger partial charge in [0.2, 0.25) is 5.79 Å². The Kier molecular flexibility index (Phi) is 2.56. The van der Waals surface area contributed by atoms with Crippen molar-refractivity contribution in [3.8, 4) is 0 Å². The number of hydrogen-bond donors (Lipinski definition) is 6. The van der Waals surface area contributed by atoms with Crippen LogP contribution in [0.5, 0.6) is 0 Å². The van der Waals surface area contributed by atoms with E-state index in [-0.39, 0.29) is 0 Å². The number of fused-ring (bicyclic) bond motifs is 3. The van der Waals surface area contributed by atoms with Crippen molar-refractivity contribution in [1.29, 1.82) is 0 Å². The minimum absolute atomic E-state index is 0.728. The van der Waals surface area contributed by atoms with Crippen molar-refractivity contribution in [3.63, 3.8) is 0 Å². The van der Waals surface area contributed by atoms with E-state index in [0.717, 1.165) is 0 Å². The van der Waals surface area contributed by atoms with Crippen molar-refractivity contribution in [2.24, 2.45) is 10.8 Å². The van der Waals surface area contributed by atoms with Crippen LogP contribution in [0.1, 0.15) is 34.1 Å². The lowest BCUT2D eigenvalue weighted by molar-refractivity contribution is -0.301. The lowest BCUT2D eigenvalue weighted by Crippen LogP contribution is -2.60. The average molecular weight is 318 g/mol. The summed E-state index contributed by atoms with van der Waals surface area (Å²) in [5.41, 5.74) is -8.94. The van der Waals surface area contributed by atoms with Gasteiger partial charge in [0.1, 0.15) is 17.3 Å². The van der Waals surface area contributed by atoms with E-state index in [1.807, 2.05) is 0 Å². The molecule has 6 N–H and O–H groups in total. The average Bonchev–Trinajstić information content (AvgIpc) is 2.91. The highest BCUT2D eigenvalue weighted by atomic mass is 16.7. The molecule has 1 heterocycles. The number of carboxylic acids is 1. The largest absolute Gasteiger partial charge is 0.481 e. The van der Waals surface area contributed by atoms with Gasteiger partial charge < -0.3 is 35.4 Å². The lowest BCUT2D eigenvalue weighted by atomic mass is 9.91. The number of aliphatic carboxylic acids is 1. The summed E-state index contributed by atoms with van der Waals surface area (Å²) in [6.45, 7) is 5.86. The van der Waals surface area contributed by atoms with Crippen molar-refractivity contribution in [3.05, 3.63) is 0 Å². The maximum Gasteiger partial charge on any atom is 0.306 e. The molecule has 3 fully saturated rings. The summed E-state index contributed by atoms with van der Waals surface area (Å²) in [7, 11) is 0. The topological polar surface area (TPSA) is 148 Å². The van der Waals surface area contributed by atoms with Crippen molar-refractivity contribution in [2.75, 3.05) is 0 Å². The smallest absolute Gasteiger partial charge is 0.306 e. The number of carbonyl (C=O) groups is 1. The molecule has 0 radical (unpaired) electrons. The zero-order valence-electron chi connectivity index (χ0n) is 12.9. The molecule has 0 aromatic rings. The molecule has 3 rings (SSSR count). The minimum atomic E-state index is -2.18.